The van der Waals surface area contributed by atoms with Gasteiger partial charge in [0, 0.05) is 12.1 Å². The van der Waals surface area contributed by atoms with Gasteiger partial charge in [0.05, 0.1) is 23.5 Å². The first-order valence-corrected chi connectivity index (χ1v) is 6.54. The highest BCUT2D eigenvalue weighted by Crippen LogP contribution is 2.27. The standard InChI is InChI=1S/C15H15ClN4/c1-10(11-3-5-13(16)6-4-11)20(2)15-12(8-17)7-14(18)9-19-15/h3-7,9-10H,18H2,1-2H3. The number of nitriles is 1. The van der Waals surface area contributed by atoms with E-state index in [4.69, 9.17) is 17.3 Å². The van der Waals surface area contributed by atoms with Gasteiger partial charge in [-0.2, -0.15) is 5.26 Å². The number of nitrogens with two attached hydrogens (primary N) is 1. The first-order chi connectivity index (χ1) is 9.52. The van der Waals surface area contributed by atoms with E-state index >= 15 is 0 Å². The van der Waals surface area contributed by atoms with Gasteiger partial charge < -0.3 is 10.6 Å². The molecule has 2 aromatic rings. The molecule has 1 heterocycles. The van der Waals surface area contributed by atoms with Gasteiger partial charge in [-0.3, -0.25) is 0 Å². The van der Waals surface area contributed by atoms with Crippen molar-refractivity contribution in [3.8, 4) is 6.07 Å². The van der Waals surface area contributed by atoms with E-state index in [0.717, 1.165) is 5.56 Å². The second kappa shape index (κ2) is 5.81. The van der Waals surface area contributed by atoms with Crippen molar-refractivity contribution in [2.24, 2.45) is 0 Å². The van der Waals surface area contributed by atoms with Gasteiger partial charge >= 0.3 is 0 Å². The molecular weight excluding hydrogens is 272 g/mol. The molecule has 0 amide bonds. The number of benzene rings is 1. The summed E-state index contributed by atoms with van der Waals surface area (Å²) in [5, 5.41) is 9.89. The lowest BCUT2D eigenvalue weighted by Crippen LogP contribution is -2.23. The molecular formula is C15H15ClN4. The van der Waals surface area contributed by atoms with Gasteiger partial charge in [-0.25, -0.2) is 4.98 Å². The van der Waals surface area contributed by atoms with Gasteiger partial charge in [0.1, 0.15) is 11.9 Å². The first-order valence-electron chi connectivity index (χ1n) is 6.17. The third-order valence-corrected chi connectivity index (χ3v) is 3.53. The van der Waals surface area contributed by atoms with E-state index in [2.05, 4.69) is 11.1 Å². The molecule has 0 aliphatic heterocycles. The molecule has 1 aromatic heterocycles. The van der Waals surface area contributed by atoms with Gasteiger partial charge in [0.25, 0.3) is 0 Å². The predicted octanol–water partition coefficient (Wildman–Crippen LogP) is 3.39. The fourth-order valence-electron chi connectivity index (χ4n) is 1.99. The summed E-state index contributed by atoms with van der Waals surface area (Å²) in [5.74, 6) is 0.615. The Morgan fingerprint density at radius 2 is 2.00 bits per heavy atom. The maximum absolute atomic E-state index is 9.19. The number of hydrogen-bond donors (Lipinski definition) is 1. The van der Waals surface area contributed by atoms with Crippen molar-refractivity contribution >= 4 is 23.1 Å². The fraction of sp³-hybridized carbons (Fsp3) is 0.200. The number of pyridine rings is 1. The molecule has 0 saturated heterocycles. The van der Waals surface area contributed by atoms with Crippen molar-refractivity contribution in [3.63, 3.8) is 0 Å². The summed E-state index contributed by atoms with van der Waals surface area (Å²) in [6, 6.07) is 11.5. The molecule has 20 heavy (non-hydrogen) atoms. The average molecular weight is 287 g/mol. The minimum Gasteiger partial charge on any atom is -0.397 e. The summed E-state index contributed by atoms with van der Waals surface area (Å²) < 4.78 is 0. The maximum Gasteiger partial charge on any atom is 0.146 e. The summed E-state index contributed by atoms with van der Waals surface area (Å²) in [7, 11) is 1.90. The van der Waals surface area contributed by atoms with Crippen molar-refractivity contribution in [1.29, 1.82) is 5.26 Å². The van der Waals surface area contributed by atoms with Crippen LogP contribution in [0, 0.1) is 11.3 Å². The Labute approximate surface area is 123 Å². The van der Waals surface area contributed by atoms with Crippen LogP contribution in [-0.2, 0) is 0 Å². The van der Waals surface area contributed by atoms with Gasteiger partial charge in [0.2, 0.25) is 0 Å². The third kappa shape index (κ3) is 2.84. The number of hydrogen-bond acceptors (Lipinski definition) is 4. The minimum absolute atomic E-state index is 0.0653. The third-order valence-electron chi connectivity index (χ3n) is 3.28. The van der Waals surface area contributed by atoms with Gasteiger partial charge in [-0.05, 0) is 30.7 Å². The van der Waals surface area contributed by atoms with Crippen molar-refractivity contribution in [3.05, 3.63) is 52.7 Å². The SMILES string of the molecule is CC(c1ccc(Cl)cc1)N(C)c1ncc(N)cc1C#N. The number of aromatic nitrogens is 1. The molecule has 0 saturated carbocycles. The fourth-order valence-corrected chi connectivity index (χ4v) is 2.11. The van der Waals surface area contributed by atoms with E-state index < -0.39 is 0 Å². The monoisotopic (exact) mass is 286 g/mol. The lowest BCUT2D eigenvalue weighted by molar-refractivity contribution is 0.728. The zero-order valence-electron chi connectivity index (χ0n) is 11.3. The van der Waals surface area contributed by atoms with E-state index in [0.29, 0.717) is 22.1 Å². The zero-order valence-corrected chi connectivity index (χ0v) is 12.1. The van der Waals surface area contributed by atoms with Crippen LogP contribution in [0.15, 0.2) is 36.5 Å². The molecule has 1 aromatic carbocycles. The topological polar surface area (TPSA) is 65.9 Å². The van der Waals surface area contributed by atoms with Crippen LogP contribution in [-0.4, -0.2) is 12.0 Å². The van der Waals surface area contributed by atoms with E-state index in [9.17, 15) is 5.26 Å². The summed E-state index contributed by atoms with van der Waals surface area (Å²) in [6.07, 6.45) is 1.56. The van der Waals surface area contributed by atoms with E-state index in [-0.39, 0.29) is 6.04 Å². The molecule has 1 unspecified atom stereocenters. The molecule has 0 bridgehead atoms. The molecule has 2 N–H and O–H groups in total. The zero-order chi connectivity index (χ0) is 14.7. The maximum atomic E-state index is 9.19. The minimum atomic E-state index is 0.0653. The molecule has 102 valence electrons. The Morgan fingerprint density at radius 1 is 1.35 bits per heavy atom. The largest absolute Gasteiger partial charge is 0.397 e. The lowest BCUT2D eigenvalue weighted by atomic mass is 10.1. The number of rotatable bonds is 3. The van der Waals surface area contributed by atoms with Crippen molar-refractivity contribution in [1.82, 2.24) is 4.98 Å². The van der Waals surface area contributed by atoms with E-state index in [1.54, 1.807) is 12.3 Å². The van der Waals surface area contributed by atoms with Crippen LogP contribution in [0.2, 0.25) is 5.02 Å². The highest BCUT2D eigenvalue weighted by Gasteiger charge is 2.16. The second-order valence-electron chi connectivity index (χ2n) is 4.59. The Hall–Kier alpha value is -2.25. The molecule has 2 rings (SSSR count). The van der Waals surface area contributed by atoms with Crippen molar-refractivity contribution < 1.29 is 0 Å². The molecule has 4 nitrogen and oxygen atoms in total. The molecule has 0 spiro atoms. The number of anilines is 2. The number of nitrogen functional groups attached to an aromatic ring is 1. The van der Waals surface area contributed by atoms with Crippen LogP contribution in [0.1, 0.15) is 24.1 Å². The smallest absolute Gasteiger partial charge is 0.146 e. The van der Waals surface area contributed by atoms with E-state index in [1.807, 2.05) is 43.1 Å². The Bertz CT molecular complexity index is 646. The van der Waals surface area contributed by atoms with E-state index in [1.165, 1.54) is 0 Å². The number of halogens is 1. The predicted molar refractivity (Wildman–Crippen MR) is 81.6 cm³/mol. The summed E-state index contributed by atoms with van der Waals surface area (Å²) in [6.45, 7) is 2.04. The summed E-state index contributed by atoms with van der Waals surface area (Å²) in [4.78, 5) is 6.21. The lowest BCUT2D eigenvalue weighted by Gasteiger charge is -2.27. The molecule has 1 atom stereocenters. The van der Waals surface area contributed by atoms with Crippen LogP contribution < -0.4 is 10.6 Å². The number of nitrogens with zero attached hydrogens (tertiary/aromatic N) is 3. The summed E-state index contributed by atoms with van der Waals surface area (Å²) in [5.41, 5.74) is 7.71. The van der Waals surface area contributed by atoms with Crippen LogP contribution in [0.25, 0.3) is 0 Å². The second-order valence-corrected chi connectivity index (χ2v) is 5.03. The molecule has 5 heteroatoms. The average Bonchev–Trinajstić information content (AvgIpc) is 2.46. The van der Waals surface area contributed by atoms with Gasteiger partial charge in [-0.15, -0.1) is 0 Å². The van der Waals surface area contributed by atoms with Crippen molar-refractivity contribution in [2.75, 3.05) is 17.7 Å². The molecule has 0 aliphatic carbocycles. The van der Waals surface area contributed by atoms with Crippen LogP contribution in [0.5, 0.6) is 0 Å². The highest BCUT2D eigenvalue weighted by molar-refractivity contribution is 6.30. The first kappa shape index (κ1) is 14.2. The quantitative estimate of drug-likeness (QED) is 0.939. The summed E-state index contributed by atoms with van der Waals surface area (Å²) >= 11 is 5.90. The highest BCUT2D eigenvalue weighted by atomic mass is 35.5. The normalized spacial score (nSPS) is 11.7. The van der Waals surface area contributed by atoms with Crippen molar-refractivity contribution in [2.45, 2.75) is 13.0 Å². The molecule has 0 radical (unpaired) electrons. The molecule has 0 aliphatic rings. The molecule has 0 fully saturated rings. The van der Waals surface area contributed by atoms with Gasteiger partial charge in [0.15, 0.2) is 0 Å². The Balaban J connectivity index is 2.33. The Morgan fingerprint density at radius 3 is 2.60 bits per heavy atom. The van der Waals surface area contributed by atoms with Crippen LogP contribution >= 0.6 is 11.6 Å². The van der Waals surface area contributed by atoms with Crippen LogP contribution in [0.3, 0.4) is 0 Å². The van der Waals surface area contributed by atoms with Crippen LogP contribution in [0.4, 0.5) is 11.5 Å². The van der Waals surface area contributed by atoms with Gasteiger partial charge in [-0.1, -0.05) is 23.7 Å². The Kier molecular flexibility index (Phi) is 4.11.